The number of aromatic amines is 1. The quantitative estimate of drug-likeness (QED) is 0.632. The highest BCUT2D eigenvalue weighted by Crippen LogP contribution is 2.13. The Labute approximate surface area is 124 Å². The molecule has 1 aromatic heterocycles. The molecule has 1 N–H and O–H groups in total. The van der Waals surface area contributed by atoms with Gasteiger partial charge in [0.2, 0.25) is 15.6 Å². The summed E-state index contributed by atoms with van der Waals surface area (Å²) < 4.78 is 36.8. The van der Waals surface area contributed by atoms with Crippen LogP contribution in [0.1, 0.15) is 13.8 Å². The zero-order valence-electron chi connectivity index (χ0n) is 12.4. The number of rotatable bonds is 10. The zero-order valence-corrected chi connectivity index (χ0v) is 13.2. The van der Waals surface area contributed by atoms with Crippen molar-refractivity contribution in [1.82, 2.24) is 9.29 Å². The number of nitrogens with one attached hydrogen (secondary N) is 1. The van der Waals surface area contributed by atoms with Crippen molar-refractivity contribution in [3.8, 4) is 0 Å². The molecule has 0 aliphatic carbocycles. The van der Waals surface area contributed by atoms with E-state index in [0.29, 0.717) is 26.4 Å². The Kier molecular flexibility index (Phi) is 7.58. The highest BCUT2D eigenvalue weighted by Gasteiger charge is 2.24. The molecule has 0 bridgehead atoms. The fourth-order valence-electron chi connectivity index (χ4n) is 1.68. The minimum Gasteiger partial charge on any atom is -0.380 e. The molecule has 7 nitrogen and oxygen atoms in total. The molecule has 120 valence electrons. The third-order valence-corrected chi connectivity index (χ3v) is 4.67. The fourth-order valence-corrected chi connectivity index (χ4v) is 3.06. The Hall–Kier alpha value is -1.22. The second-order valence-corrected chi connectivity index (χ2v) is 6.12. The predicted octanol–water partition coefficient (Wildman–Crippen LogP) is 0.439. The third kappa shape index (κ3) is 5.58. The molecular formula is C13H22N2O5S. The Bertz CT molecular complexity index is 540. The molecule has 0 aliphatic heterocycles. The lowest BCUT2D eigenvalue weighted by Crippen LogP contribution is -2.37. The molecule has 0 atom stereocenters. The van der Waals surface area contributed by atoms with Crippen molar-refractivity contribution in [3.63, 3.8) is 0 Å². The van der Waals surface area contributed by atoms with E-state index >= 15 is 0 Å². The summed E-state index contributed by atoms with van der Waals surface area (Å²) in [6, 6.07) is 2.48. The molecule has 0 saturated heterocycles. The number of pyridine rings is 1. The summed E-state index contributed by atoms with van der Waals surface area (Å²) in [7, 11) is -3.68. The number of aromatic nitrogens is 1. The van der Waals surface area contributed by atoms with Crippen molar-refractivity contribution in [2.45, 2.75) is 18.7 Å². The van der Waals surface area contributed by atoms with Gasteiger partial charge >= 0.3 is 0 Å². The number of sulfonamides is 1. The van der Waals surface area contributed by atoms with Gasteiger partial charge in [0.25, 0.3) is 0 Å². The van der Waals surface area contributed by atoms with Crippen LogP contribution >= 0.6 is 0 Å². The standard InChI is InChI=1S/C13H22N2O5S/c1-3-19-9-7-15(8-10-20-4-2)21(17,18)12-5-6-13(16)14-11-12/h5-6,11H,3-4,7-10H2,1-2H3,(H,14,16). The second-order valence-electron chi connectivity index (χ2n) is 4.19. The van der Waals surface area contributed by atoms with E-state index in [-0.39, 0.29) is 23.5 Å². The normalized spacial score (nSPS) is 12.0. The summed E-state index contributed by atoms with van der Waals surface area (Å²) in [6.07, 6.45) is 1.20. The predicted molar refractivity (Wildman–Crippen MR) is 78.8 cm³/mol. The Morgan fingerprint density at radius 1 is 1.10 bits per heavy atom. The van der Waals surface area contributed by atoms with Gasteiger partial charge in [-0.2, -0.15) is 4.31 Å². The van der Waals surface area contributed by atoms with Crippen LogP contribution in [0, 0.1) is 0 Å². The van der Waals surface area contributed by atoms with Crippen molar-refractivity contribution in [2.24, 2.45) is 0 Å². The molecule has 1 rings (SSSR count). The van der Waals surface area contributed by atoms with Gasteiger partial charge in [0, 0.05) is 38.6 Å². The summed E-state index contributed by atoms with van der Waals surface area (Å²) >= 11 is 0. The van der Waals surface area contributed by atoms with Crippen molar-refractivity contribution in [3.05, 3.63) is 28.7 Å². The molecule has 0 amide bonds. The molecule has 0 radical (unpaired) electrons. The number of hydrogen-bond donors (Lipinski definition) is 1. The number of H-pyrrole nitrogens is 1. The van der Waals surface area contributed by atoms with Crippen molar-refractivity contribution >= 4 is 10.0 Å². The van der Waals surface area contributed by atoms with Crippen LogP contribution in [-0.4, -0.2) is 57.2 Å². The van der Waals surface area contributed by atoms with Crippen LogP contribution in [0.25, 0.3) is 0 Å². The lowest BCUT2D eigenvalue weighted by molar-refractivity contribution is 0.110. The van der Waals surface area contributed by atoms with Gasteiger partial charge in [0.05, 0.1) is 18.1 Å². The molecule has 0 unspecified atom stereocenters. The first-order chi connectivity index (χ1) is 10.0. The first kappa shape index (κ1) is 17.8. The smallest absolute Gasteiger partial charge is 0.247 e. The maximum Gasteiger partial charge on any atom is 0.247 e. The van der Waals surface area contributed by atoms with E-state index < -0.39 is 10.0 Å². The summed E-state index contributed by atoms with van der Waals surface area (Å²) in [6.45, 7) is 5.85. The van der Waals surface area contributed by atoms with Gasteiger partial charge in [-0.05, 0) is 19.9 Å². The number of nitrogens with zero attached hydrogens (tertiary/aromatic N) is 1. The monoisotopic (exact) mass is 318 g/mol. The van der Waals surface area contributed by atoms with E-state index in [9.17, 15) is 13.2 Å². The molecule has 1 aromatic rings. The van der Waals surface area contributed by atoms with Gasteiger partial charge < -0.3 is 14.5 Å². The van der Waals surface area contributed by atoms with Gasteiger partial charge in [-0.1, -0.05) is 0 Å². The maximum atomic E-state index is 12.5. The summed E-state index contributed by atoms with van der Waals surface area (Å²) in [4.78, 5) is 13.5. The van der Waals surface area contributed by atoms with E-state index in [0.717, 1.165) is 0 Å². The maximum absolute atomic E-state index is 12.5. The Morgan fingerprint density at radius 2 is 1.67 bits per heavy atom. The third-order valence-electron chi connectivity index (χ3n) is 2.77. The van der Waals surface area contributed by atoms with Crippen molar-refractivity contribution in [1.29, 1.82) is 0 Å². The molecule has 0 saturated carbocycles. The van der Waals surface area contributed by atoms with Crippen LogP contribution in [0.2, 0.25) is 0 Å². The van der Waals surface area contributed by atoms with Crippen LogP contribution in [0.5, 0.6) is 0 Å². The topological polar surface area (TPSA) is 88.7 Å². The SMILES string of the molecule is CCOCCN(CCOCC)S(=O)(=O)c1ccc(=O)[nH]c1. The van der Waals surface area contributed by atoms with Gasteiger partial charge in [0.1, 0.15) is 0 Å². The minimum absolute atomic E-state index is 0.0510. The highest BCUT2D eigenvalue weighted by atomic mass is 32.2. The number of hydrogen-bond acceptors (Lipinski definition) is 5. The van der Waals surface area contributed by atoms with Crippen LogP contribution in [0.15, 0.2) is 28.0 Å². The first-order valence-electron chi connectivity index (χ1n) is 6.86. The fraction of sp³-hybridized carbons (Fsp3) is 0.615. The van der Waals surface area contributed by atoms with Crippen molar-refractivity contribution < 1.29 is 17.9 Å². The van der Waals surface area contributed by atoms with Gasteiger partial charge in [-0.3, -0.25) is 4.79 Å². The summed E-state index contributed by atoms with van der Waals surface area (Å²) in [5.41, 5.74) is -0.343. The van der Waals surface area contributed by atoms with E-state index in [1.165, 1.54) is 22.6 Å². The molecule has 21 heavy (non-hydrogen) atoms. The minimum atomic E-state index is -3.68. The van der Waals surface area contributed by atoms with E-state index in [1.54, 1.807) is 0 Å². The zero-order chi connectivity index (χ0) is 15.7. The Morgan fingerprint density at radius 3 is 2.10 bits per heavy atom. The molecular weight excluding hydrogens is 296 g/mol. The lowest BCUT2D eigenvalue weighted by Gasteiger charge is -2.21. The van der Waals surface area contributed by atoms with Crippen LogP contribution < -0.4 is 5.56 Å². The molecule has 8 heteroatoms. The summed E-state index contributed by atoms with van der Waals surface area (Å²) in [5.74, 6) is 0. The summed E-state index contributed by atoms with van der Waals surface area (Å²) in [5, 5.41) is 0. The van der Waals surface area contributed by atoms with Crippen molar-refractivity contribution in [2.75, 3.05) is 39.5 Å². The first-order valence-corrected chi connectivity index (χ1v) is 8.30. The molecule has 0 aromatic carbocycles. The second kappa shape index (κ2) is 8.93. The van der Waals surface area contributed by atoms with Crippen LogP contribution in [0.3, 0.4) is 0 Å². The lowest BCUT2D eigenvalue weighted by atomic mass is 10.5. The Balaban J connectivity index is 2.87. The average molecular weight is 318 g/mol. The molecule has 1 heterocycles. The molecule has 0 spiro atoms. The molecule has 0 aliphatic rings. The van der Waals surface area contributed by atoms with E-state index in [4.69, 9.17) is 9.47 Å². The largest absolute Gasteiger partial charge is 0.380 e. The van der Waals surface area contributed by atoms with E-state index in [2.05, 4.69) is 4.98 Å². The van der Waals surface area contributed by atoms with Gasteiger partial charge in [-0.15, -0.1) is 0 Å². The van der Waals surface area contributed by atoms with E-state index in [1.807, 2.05) is 13.8 Å². The molecule has 0 fully saturated rings. The average Bonchev–Trinajstić information content (AvgIpc) is 2.46. The van der Waals surface area contributed by atoms with Gasteiger partial charge in [0.15, 0.2) is 0 Å². The van der Waals surface area contributed by atoms with Crippen LogP contribution in [-0.2, 0) is 19.5 Å². The highest BCUT2D eigenvalue weighted by molar-refractivity contribution is 7.89. The van der Waals surface area contributed by atoms with Gasteiger partial charge in [-0.25, -0.2) is 8.42 Å². The van der Waals surface area contributed by atoms with Crippen LogP contribution in [0.4, 0.5) is 0 Å². The number of ether oxygens (including phenoxy) is 2.